The minimum atomic E-state index is -1.03. The maximum absolute atomic E-state index is 12.8. The van der Waals surface area contributed by atoms with Crippen LogP contribution >= 0.6 is 0 Å². The van der Waals surface area contributed by atoms with Crippen LogP contribution < -0.4 is 0 Å². The first kappa shape index (κ1) is 30.3. The molecule has 0 heterocycles. The quantitative estimate of drug-likeness (QED) is 0.372. The molecule has 2 rings (SSSR count). The number of aliphatic carboxylic acids is 1. The van der Waals surface area contributed by atoms with E-state index in [2.05, 4.69) is 65.8 Å². The Kier molecular flexibility index (Phi) is 9.53. The predicted octanol–water partition coefficient (Wildman–Crippen LogP) is 6.77. The molecule has 0 aliphatic carbocycles. The number of amides is 1. The molecular formula is C32H45NO4. The first-order valence-electron chi connectivity index (χ1n) is 13.3. The van der Waals surface area contributed by atoms with Gasteiger partial charge in [0, 0.05) is 18.0 Å². The molecule has 2 aromatic rings. The first-order chi connectivity index (χ1) is 17.2. The highest BCUT2D eigenvalue weighted by Crippen LogP contribution is 2.41. The average molecular weight is 508 g/mol. The molecule has 37 heavy (non-hydrogen) atoms. The van der Waals surface area contributed by atoms with Crippen LogP contribution in [0.15, 0.2) is 42.5 Å². The van der Waals surface area contributed by atoms with Gasteiger partial charge in [0.15, 0.2) is 0 Å². The Labute approximate surface area is 223 Å². The fourth-order valence-corrected chi connectivity index (χ4v) is 5.20. The maximum atomic E-state index is 12.8. The van der Waals surface area contributed by atoms with E-state index < -0.39 is 11.6 Å². The SMILES string of the molecule is CCC(CC)(c1ccc(/C=C/C(O)(CC)C(C)(C)C)c(C)c1)c1ccc(C(=O)N(C)CC(=O)O)c(C)c1. The van der Waals surface area contributed by atoms with Gasteiger partial charge in [0.1, 0.15) is 6.54 Å². The highest BCUT2D eigenvalue weighted by molar-refractivity contribution is 5.97. The lowest BCUT2D eigenvalue weighted by atomic mass is 9.69. The number of aryl methyl sites for hydroxylation is 2. The molecule has 0 bridgehead atoms. The molecule has 1 atom stereocenters. The van der Waals surface area contributed by atoms with Crippen molar-refractivity contribution in [3.8, 4) is 0 Å². The zero-order valence-corrected chi connectivity index (χ0v) is 24.1. The third kappa shape index (κ3) is 6.32. The lowest BCUT2D eigenvalue weighted by Gasteiger charge is -2.37. The van der Waals surface area contributed by atoms with E-state index >= 15 is 0 Å². The number of likely N-dealkylation sites (N-methyl/N-ethyl adjacent to an activating group) is 1. The Balaban J connectivity index is 2.48. The van der Waals surface area contributed by atoms with Crippen molar-refractivity contribution in [1.82, 2.24) is 4.90 Å². The summed E-state index contributed by atoms with van der Waals surface area (Å²) in [5.41, 5.74) is 4.57. The number of carbonyl (C=O) groups excluding carboxylic acids is 1. The van der Waals surface area contributed by atoms with Gasteiger partial charge >= 0.3 is 5.97 Å². The molecule has 0 saturated heterocycles. The molecule has 1 amide bonds. The van der Waals surface area contributed by atoms with Crippen molar-refractivity contribution in [2.75, 3.05) is 13.6 Å². The third-order valence-electron chi connectivity index (χ3n) is 8.13. The summed E-state index contributed by atoms with van der Waals surface area (Å²) >= 11 is 0. The van der Waals surface area contributed by atoms with Crippen molar-refractivity contribution >= 4 is 18.0 Å². The highest BCUT2D eigenvalue weighted by atomic mass is 16.4. The van der Waals surface area contributed by atoms with Gasteiger partial charge in [-0.05, 0) is 72.4 Å². The summed E-state index contributed by atoms with van der Waals surface area (Å²) in [7, 11) is 1.51. The molecule has 202 valence electrons. The van der Waals surface area contributed by atoms with Gasteiger partial charge in [-0.25, -0.2) is 0 Å². The van der Waals surface area contributed by atoms with Crippen LogP contribution in [0.1, 0.15) is 99.0 Å². The Bertz CT molecular complexity index is 1150. The van der Waals surface area contributed by atoms with Gasteiger partial charge in [-0.1, -0.05) is 84.0 Å². The fraction of sp³-hybridized carbons (Fsp3) is 0.500. The fourth-order valence-electron chi connectivity index (χ4n) is 5.20. The highest BCUT2D eigenvalue weighted by Gasteiger charge is 2.36. The van der Waals surface area contributed by atoms with Crippen molar-refractivity contribution in [3.05, 3.63) is 75.9 Å². The summed E-state index contributed by atoms with van der Waals surface area (Å²) < 4.78 is 0. The summed E-state index contributed by atoms with van der Waals surface area (Å²) in [4.78, 5) is 25.1. The monoisotopic (exact) mass is 507 g/mol. The first-order valence-corrected chi connectivity index (χ1v) is 13.3. The van der Waals surface area contributed by atoms with E-state index in [9.17, 15) is 14.7 Å². The zero-order valence-electron chi connectivity index (χ0n) is 24.1. The van der Waals surface area contributed by atoms with E-state index in [4.69, 9.17) is 5.11 Å². The van der Waals surface area contributed by atoms with Crippen LogP contribution in [0.2, 0.25) is 0 Å². The average Bonchev–Trinajstić information content (AvgIpc) is 2.83. The van der Waals surface area contributed by atoms with Crippen LogP contribution in [-0.2, 0) is 10.2 Å². The molecule has 2 aromatic carbocycles. The Hall–Kier alpha value is -2.92. The largest absolute Gasteiger partial charge is 0.480 e. The van der Waals surface area contributed by atoms with E-state index in [1.54, 1.807) is 0 Å². The van der Waals surface area contributed by atoms with Gasteiger partial charge in [0.05, 0.1) is 5.60 Å². The number of hydrogen-bond acceptors (Lipinski definition) is 3. The standard InChI is InChI=1S/C32H45NO4/c1-10-31(11-2,26-15-16-27(23(5)20-26)29(36)33(9)21-28(34)35)25-14-13-24(22(4)19-25)17-18-32(37,12-3)30(6,7)8/h13-20,37H,10-12,21H2,1-9H3,(H,34,35)/b18-17+. The predicted molar refractivity (Wildman–Crippen MR) is 152 cm³/mol. The number of carboxylic acids is 1. The summed E-state index contributed by atoms with van der Waals surface area (Å²) in [5, 5.41) is 20.2. The number of rotatable bonds is 10. The van der Waals surface area contributed by atoms with E-state index in [1.807, 2.05) is 38.1 Å². The Morgan fingerprint density at radius 2 is 1.43 bits per heavy atom. The zero-order chi connectivity index (χ0) is 28.2. The topological polar surface area (TPSA) is 77.8 Å². The Morgan fingerprint density at radius 3 is 1.86 bits per heavy atom. The van der Waals surface area contributed by atoms with Gasteiger partial charge in [-0.2, -0.15) is 0 Å². The molecule has 0 radical (unpaired) electrons. The molecule has 0 saturated carbocycles. The van der Waals surface area contributed by atoms with Crippen molar-refractivity contribution in [2.45, 2.75) is 85.7 Å². The van der Waals surface area contributed by atoms with Crippen molar-refractivity contribution in [3.63, 3.8) is 0 Å². The second kappa shape index (κ2) is 11.6. The van der Waals surface area contributed by atoms with E-state index in [0.29, 0.717) is 12.0 Å². The summed E-state index contributed by atoms with van der Waals surface area (Å²) in [6, 6.07) is 12.5. The second-order valence-electron chi connectivity index (χ2n) is 11.3. The van der Waals surface area contributed by atoms with Gasteiger partial charge < -0.3 is 15.1 Å². The number of nitrogens with zero attached hydrogens (tertiary/aromatic N) is 1. The number of hydrogen-bond donors (Lipinski definition) is 2. The lowest BCUT2D eigenvalue weighted by Crippen LogP contribution is -2.40. The van der Waals surface area contributed by atoms with E-state index in [1.165, 1.54) is 17.5 Å². The minimum Gasteiger partial charge on any atom is -0.480 e. The molecule has 0 spiro atoms. The van der Waals surface area contributed by atoms with Crippen LogP contribution in [0.5, 0.6) is 0 Å². The van der Waals surface area contributed by atoms with Crippen LogP contribution in [0.4, 0.5) is 0 Å². The van der Waals surface area contributed by atoms with E-state index in [-0.39, 0.29) is 23.3 Å². The van der Waals surface area contributed by atoms with E-state index in [0.717, 1.165) is 35.1 Å². The van der Waals surface area contributed by atoms with Gasteiger partial charge in [-0.3, -0.25) is 9.59 Å². The normalized spacial score (nSPS) is 14.0. The van der Waals surface area contributed by atoms with Crippen LogP contribution in [0, 0.1) is 19.3 Å². The van der Waals surface area contributed by atoms with Gasteiger partial charge in [-0.15, -0.1) is 0 Å². The number of benzene rings is 2. The molecule has 1 unspecified atom stereocenters. The summed E-state index contributed by atoms with van der Waals surface area (Å²) in [6.45, 7) is 16.2. The molecule has 0 fully saturated rings. The van der Waals surface area contributed by atoms with Crippen molar-refractivity contribution in [2.24, 2.45) is 5.41 Å². The molecule has 0 aliphatic rings. The molecule has 5 nitrogen and oxygen atoms in total. The van der Waals surface area contributed by atoms with Crippen LogP contribution in [0.25, 0.3) is 6.08 Å². The van der Waals surface area contributed by atoms with Crippen molar-refractivity contribution in [1.29, 1.82) is 0 Å². The smallest absolute Gasteiger partial charge is 0.323 e. The molecular weight excluding hydrogens is 462 g/mol. The second-order valence-corrected chi connectivity index (χ2v) is 11.3. The van der Waals surface area contributed by atoms with Gasteiger partial charge in [0.25, 0.3) is 5.91 Å². The number of carboxylic acid groups (broad SMARTS) is 1. The summed E-state index contributed by atoms with van der Waals surface area (Å²) in [6.07, 6.45) is 6.39. The molecule has 0 aromatic heterocycles. The number of aliphatic hydroxyl groups is 1. The minimum absolute atomic E-state index is 0.220. The molecule has 5 heteroatoms. The van der Waals surface area contributed by atoms with Crippen molar-refractivity contribution < 1.29 is 19.8 Å². The third-order valence-corrected chi connectivity index (χ3v) is 8.13. The number of carbonyl (C=O) groups is 2. The molecule has 0 aliphatic heterocycles. The molecule has 2 N–H and O–H groups in total. The maximum Gasteiger partial charge on any atom is 0.323 e. The Morgan fingerprint density at radius 1 is 0.892 bits per heavy atom. The van der Waals surface area contributed by atoms with Crippen LogP contribution in [-0.4, -0.2) is 46.2 Å². The van der Waals surface area contributed by atoms with Gasteiger partial charge in [0.2, 0.25) is 0 Å². The lowest BCUT2D eigenvalue weighted by molar-refractivity contribution is -0.137. The van der Waals surface area contributed by atoms with Crippen LogP contribution in [0.3, 0.4) is 0 Å². The summed E-state index contributed by atoms with van der Waals surface area (Å²) in [5.74, 6) is -1.33.